The molecular formula is C14H12N2O3. The van der Waals surface area contributed by atoms with E-state index in [4.69, 9.17) is 4.74 Å². The van der Waals surface area contributed by atoms with E-state index in [2.05, 4.69) is 10.3 Å². The summed E-state index contributed by atoms with van der Waals surface area (Å²) in [6, 6.07) is 13.6. The van der Waals surface area contributed by atoms with E-state index >= 15 is 0 Å². The molecular weight excluding hydrogens is 244 g/mol. The van der Waals surface area contributed by atoms with Crippen LogP contribution in [0.5, 0.6) is 0 Å². The predicted octanol–water partition coefficient (Wildman–Crippen LogP) is 1.88. The molecule has 0 saturated carbocycles. The maximum absolute atomic E-state index is 11.6. The summed E-state index contributed by atoms with van der Waals surface area (Å²) in [7, 11) is 0. The van der Waals surface area contributed by atoms with E-state index in [1.807, 2.05) is 0 Å². The Hall–Kier alpha value is -2.69. The first-order chi connectivity index (χ1) is 9.25. The van der Waals surface area contributed by atoms with Crippen LogP contribution in [0.15, 0.2) is 54.7 Å². The molecule has 0 aliphatic heterocycles. The normalized spacial score (nSPS) is 9.68. The highest BCUT2D eigenvalue weighted by Crippen LogP contribution is 2.02. The van der Waals surface area contributed by atoms with Crippen molar-refractivity contribution in [2.24, 2.45) is 0 Å². The quantitative estimate of drug-likeness (QED) is 0.848. The number of esters is 1. The molecule has 1 heterocycles. The lowest BCUT2D eigenvalue weighted by Gasteiger charge is -2.05. The van der Waals surface area contributed by atoms with Crippen LogP contribution in [-0.2, 0) is 9.53 Å². The van der Waals surface area contributed by atoms with Crippen LogP contribution < -0.4 is 5.32 Å². The standard InChI is InChI=1S/C14H12N2O3/c17-13(16-12-8-4-5-9-15-12)10-19-14(18)11-6-2-1-3-7-11/h1-9H,10H2,(H,15,16,17). The second-order valence-corrected chi connectivity index (χ2v) is 3.71. The van der Waals surface area contributed by atoms with Crippen molar-refractivity contribution >= 4 is 17.7 Å². The number of ether oxygens (including phenoxy) is 1. The van der Waals surface area contributed by atoms with Crippen molar-refractivity contribution in [1.29, 1.82) is 0 Å². The van der Waals surface area contributed by atoms with Crippen molar-refractivity contribution in [3.8, 4) is 0 Å². The van der Waals surface area contributed by atoms with Crippen LogP contribution in [0.2, 0.25) is 0 Å². The van der Waals surface area contributed by atoms with E-state index in [1.165, 1.54) is 0 Å². The van der Waals surface area contributed by atoms with Gasteiger partial charge in [0.25, 0.3) is 5.91 Å². The summed E-state index contributed by atoms with van der Waals surface area (Å²) in [4.78, 5) is 27.0. The molecule has 0 atom stereocenters. The molecule has 0 unspecified atom stereocenters. The van der Waals surface area contributed by atoms with Crippen molar-refractivity contribution in [3.63, 3.8) is 0 Å². The first kappa shape index (κ1) is 12.8. The van der Waals surface area contributed by atoms with Gasteiger partial charge in [-0.2, -0.15) is 0 Å². The number of carbonyl (C=O) groups is 2. The lowest BCUT2D eigenvalue weighted by molar-refractivity contribution is -0.119. The summed E-state index contributed by atoms with van der Waals surface area (Å²) in [5.41, 5.74) is 0.410. The Labute approximate surface area is 110 Å². The van der Waals surface area contributed by atoms with Gasteiger partial charge in [0.15, 0.2) is 6.61 Å². The van der Waals surface area contributed by atoms with Crippen LogP contribution in [0.3, 0.4) is 0 Å². The molecule has 96 valence electrons. The SMILES string of the molecule is O=C(COC(=O)c1ccccc1)Nc1ccccn1. The molecule has 19 heavy (non-hydrogen) atoms. The third-order valence-electron chi connectivity index (χ3n) is 2.28. The van der Waals surface area contributed by atoms with Gasteiger partial charge in [-0.05, 0) is 24.3 Å². The number of carbonyl (C=O) groups excluding carboxylic acids is 2. The van der Waals surface area contributed by atoms with Crippen molar-refractivity contribution < 1.29 is 14.3 Å². The van der Waals surface area contributed by atoms with E-state index in [-0.39, 0.29) is 6.61 Å². The van der Waals surface area contributed by atoms with E-state index < -0.39 is 11.9 Å². The Morgan fingerprint density at radius 2 is 1.79 bits per heavy atom. The Kier molecular flexibility index (Phi) is 4.23. The minimum absolute atomic E-state index is 0.343. The van der Waals surface area contributed by atoms with Crippen LogP contribution in [0.25, 0.3) is 0 Å². The fourth-order valence-corrected chi connectivity index (χ4v) is 1.40. The fraction of sp³-hybridized carbons (Fsp3) is 0.0714. The zero-order chi connectivity index (χ0) is 13.5. The number of hydrogen-bond donors (Lipinski definition) is 1. The van der Waals surface area contributed by atoms with Gasteiger partial charge in [0.05, 0.1) is 5.56 Å². The van der Waals surface area contributed by atoms with Crippen molar-refractivity contribution in [2.75, 3.05) is 11.9 Å². The smallest absolute Gasteiger partial charge is 0.338 e. The highest BCUT2D eigenvalue weighted by Gasteiger charge is 2.09. The summed E-state index contributed by atoms with van der Waals surface area (Å²) in [5.74, 6) is -0.539. The van der Waals surface area contributed by atoms with Crippen LogP contribution >= 0.6 is 0 Å². The monoisotopic (exact) mass is 256 g/mol. The van der Waals surface area contributed by atoms with Gasteiger partial charge in [-0.1, -0.05) is 24.3 Å². The Morgan fingerprint density at radius 1 is 1.05 bits per heavy atom. The van der Waals surface area contributed by atoms with Crippen LogP contribution in [0, 0.1) is 0 Å². The third-order valence-corrected chi connectivity index (χ3v) is 2.28. The molecule has 0 aliphatic rings. The zero-order valence-electron chi connectivity index (χ0n) is 10.1. The molecule has 2 rings (SSSR count). The number of nitrogens with one attached hydrogen (secondary N) is 1. The maximum Gasteiger partial charge on any atom is 0.338 e. The van der Waals surface area contributed by atoms with Crippen molar-refractivity contribution in [3.05, 3.63) is 60.3 Å². The molecule has 0 spiro atoms. The number of amides is 1. The minimum atomic E-state index is -0.531. The van der Waals surface area contributed by atoms with Gasteiger partial charge in [-0.15, -0.1) is 0 Å². The second-order valence-electron chi connectivity index (χ2n) is 3.71. The predicted molar refractivity (Wildman–Crippen MR) is 69.6 cm³/mol. The molecule has 1 N–H and O–H groups in total. The van der Waals surface area contributed by atoms with Gasteiger partial charge >= 0.3 is 5.97 Å². The van der Waals surface area contributed by atoms with E-state index in [9.17, 15) is 9.59 Å². The third kappa shape index (κ3) is 3.92. The molecule has 0 saturated heterocycles. The topological polar surface area (TPSA) is 68.3 Å². The Bertz CT molecular complexity index is 555. The van der Waals surface area contributed by atoms with E-state index in [1.54, 1.807) is 54.7 Å². The molecule has 5 nitrogen and oxygen atoms in total. The molecule has 1 aromatic heterocycles. The number of hydrogen-bond acceptors (Lipinski definition) is 4. The number of benzene rings is 1. The molecule has 0 fully saturated rings. The minimum Gasteiger partial charge on any atom is -0.452 e. The maximum atomic E-state index is 11.6. The first-order valence-corrected chi connectivity index (χ1v) is 5.69. The summed E-state index contributed by atoms with van der Waals surface area (Å²) >= 11 is 0. The highest BCUT2D eigenvalue weighted by atomic mass is 16.5. The average molecular weight is 256 g/mol. The lowest BCUT2D eigenvalue weighted by atomic mass is 10.2. The molecule has 1 aromatic carbocycles. The van der Waals surface area contributed by atoms with Gasteiger partial charge < -0.3 is 10.1 Å². The number of anilines is 1. The average Bonchev–Trinajstić information content (AvgIpc) is 2.47. The van der Waals surface area contributed by atoms with Crippen molar-refractivity contribution in [1.82, 2.24) is 4.98 Å². The summed E-state index contributed by atoms with van der Waals surface area (Å²) in [6.07, 6.45) is 1.56. The summed E-state index contributed by atoms with van der Waals surface area (Å²) < 4.78 is 4.88. The van der Waals surface area contributed by atoms with Gasteiger partial charge in [0.2, 0.25) is 0 Å². The molecule has 2 aromatic rings. The Balaban J connectivity index is 1.83. The van der Waals surface area contributed by atoms with Crippen LogP contribution in [0.4, 0.5) is 5.82 Å². The number of aromatic nitrogens is 1. The van der Waals surface area contributed by atoms with Crippen molar-refractivity contribution in [2.45, 2.75) is 0 Å². The van der Waals surface area contributed by atoms with E-state index in [0.29, 0.717) is 11.4 Å². The molecule has 0 radical (unpaired) electrons. The summed E-state index contributed by atoms with van der Waals surface area (Å²) in [6.45, 7) is -0.343. The fourth-order valence-electron chi connectivity index (χ4n) is 1.40. The van der Waals surface area contributed by atoms with Crippen LogP contribution in [-0.4, -0.2) is 23.5 Å². The molecule has 0 aliphatic carbocycles. The van der Waals surface area contributed by atoms with Gasteiger partial charge in [0, 0.05) is 6.20 Å². The van der Waals surface area contributed by atoms with Gasteiger partial charge in [-0.3, -0.25) is 4.79 Å². The number of pyridine rings is 1. The molecule has 5 heteroatoms. The largest absolute Gasteiger partial charge is 0.452 e. The number of rotatable bonds is 4. The number of nitrogens with zero attached hydrogens (tertiary/aromatic N) is 1. The molecule has 1 amide bonds. The summed E-state index contributed by atoms with van der Waals surface area (Å²) in [5, 5.41) is 2.52. The van der Waals surface area contributed by atoms with Gasteiger partial charge in [-0.25, -0.2) is 9.78 Å². The lowest BCUT2D eigenvalue weighted by Crippen LogP contribution is -2.21. The highest BCUT2D eigenvalue weighted by molar-refractivity contribution is 5.94. The first-order valence-electron chi connectivity index (χ1n) is 5.69. The van der Waals surface area contributed by atoms with Gasteiger partial charge in [0.1, 0.15) is 5.82 Å². The zero-order valence-corrected chi connectivity index (χ0v) is 10.1. The Morgan fingerprint density at radius 3 is 2.47 bits per heavy atom. The second kappa shape index (κ2) is 6.30. The van der Waals surface area contributed by atoms with E-state index in [0.717, 1.165) is 0 Å². The van der Waals surface area contributed by atoms with Crippen LogP contribution in [0.1, 0.15) is 10.4 Å². The molecule has 0 bridgehead atoms.